The molecule has 2 aliphatic rings. The predicted octanol–water partition coefficient (Wildman–Crippen LogP) is 3.64. The number of fused-ring (bicyclic) bond motifs is 3. The third kappa shape index (κ3) is 4.38. The van der Waals surface area contributed by atoms with E-state index in [0.29, 0.717) is 6.42 Å². The van der Waals surface area contributed by atoms with Crippen LogP contribution >= 0.6 is 0 Å². The number of carboxylic acids is 1. The quantitative estimate of drug-likeness (QED) is 0.598. The van der Waals surface area contributed by atoms with Crippen LogP contribution in [-0.4, -0.2) is 66.9 Å². The predicted molar refractivity (Wildman–Crippen MR) is 130 cm³/mol. The second-order valence-corrected chi connectivity index (χ2v) is 9.60. The Kier molecular flexibility index (Phi) is 6.85. The number of ether oxygens (including phenoxy) is 2. The summed E-state index contributed by atoms with van der Waals surface area (Å²) in [7, 11) is 1.49. The fraction of sp³-hybridized carbons (Fsp3) is 0.444. The summed E-state index contributed by atoms with van der Waals surface area (Å²) in [6, 6.07) is 16.2. The maximum absolute atomic E-state index is 13.4. The van der Waals surface area contributed by atoms with Gasteiger partial charge in [0, 0.05) is 32.5 Å². The van der Waals surface area contributed by atoms with Gasteiger partial charge in [-0.3, -0.25) is 4.79 Å². The molecule has 0 spiro atoms. The fourth-order valence-electron chi connectivity index (χ4n) is 5.00. The molecule has 0 saturated carbocycles. The number of benzene rings is 2. The van der Waals surface area contributed by atoms with Crippen molar-refractivity contribution in [3.05, 3.63) is 59.7 Å². The largest absolute Gasteiger partial charge is 0.479 e. The van der Waals surface area contributed by atoms with Crippen LogP contribution in [0.5, 0.6) is 0 Å². The molecular formula is C27H32N2O6. The van der Waals surface area contributed by atoms with Crippen molar-refractivity contribution < 1.29 is 29.0 Å². The SMILES string of the molecule is CCC(C)(CNC(=O)OCC1c2ccccc2-c2ccccc21)C(=O)N(C)C1(C(=O)O)CCOC1. The zero-order valence-electron chi connectivity index (χ0n) is 20.4. The molecule has 2 unspecified atom stereocenters. The van der Waals surface area contributed by atoms with Crippen molar-refractivity contribution >= 4 is 18.0 Å². The molecule has 8 heteroatoms. The Labute approximate surface area is 205 Å². The van der Waals surface area contributed by atoms with Gasteiger partial charge in [-0.25, -0.2) is 9.59 Å². The highest BCUT2D eigenvalue weighted by Crippen LogP contribution is 2.44. The molecule has 0 aromatic heterocycles. The summed E-state index contributed by atoms with van der Waals surface area (Å²) in [5, 5.41) is 12.5. The van der Waals surface area contributed by atoms with E-state index < -0.39 is 23.0 Å². The van der Waals surface area contributed by atoms with Crippen LogP contribution in [0.1, 0.15) is 43.7 Å². The van der Waals surface area contributed by atoms with Crippen LogP contribution in [0.4, 0.5) is 4.79 Å². The van der Waals surface area contributed by atoms with Gasteiger partial charge in [-0.2, -0.15) is 0 Å². The monoisotopic (exact) mass is 480 g/mol. The molecule has 2 atom stereocenters. The Morgan fingerprint density at radius 3 is 2.26 bits per heavy atom. The van der Waals surface area contributed by atoms with Crippen LogP contribution in [-0.2, 0) is 19.1 Å². The molecule has 2 N–H and O–H groups in total. The summed E-state index contributed by atoms with van der Waals surface area (Å²) in [6.07, 6.45) is 0.0275. The topological polar surface area (TPSA) is 105 Å². The molecule has 1 fully saturated rings. The van der Waals surface area contributed by atoms with Crippen molar-refractivity contribution in [3.63, 3.8) is 0 Å². The van der Waals surface area contributed by atoms with Crippen molar-refractivity contribution in [1.82, 2.24) is 10.2 Å². The van der Waals surface area contributed by atoms with E-state index in [1.165, 1.54) is 11.9 Å². The molecule has 186 valence electrons. The van der Waals surface area contributed by atoms with Crippen molar-refractivity contribution in [2.75, 3.05) is 33.4 Å². The molecule has 4 rings (SSSR count). The average Bonchev–Trinajstić information content (AvgIpc) is 3.49. The van der Waals surface area contributed by atoms with Gasteiger partial charge in [-0.1, -0.05) is 55.5 Å². The highest BCUT2D eigenvalue weighted by Gasteiger charge is 2.51. The van der Waals surface area contributed by atoms with Gasteiger partial charge in [-0.05, 0) is 35.6 Å². The van der Waals surface area contributed by atoms with Crippen LogP contribution in [0.2, 0.25) is 0 Å². The van der Waals surface area contributed by atoms with E-state index in [1.54, 1.807) is 6.92 Å². The zero-order valence-corrected chi connectivity index (χ0v) is 20.4. The molecule has 1 saturated heterocycles. The van der Waals surface area contributed by atoms with Gasteiger partial charge < -0.3 is 24.8 Å². The molecule has 35 heavy (non-hydrogen) atoms. The molecule has 0 bridgehead atoms. The Balaban J connectivity index is 1.40. The molecule has 2 aromatic rings. The van der Waals surface area contributed by atoms with Gasteiger partial charge in [0.25, 0.3) is 0 Å². The van der Waals surface area contributed by atoms with E-state index in [2.05, 4.69) is 29.6 Å². The Bertz CT molecular complexity index is 1080. The summed E-state index contributed by atoms with van der Waals surface area (Å²) >= 11 is 0. The summed E-state index contributed by atoms with van der Waals surface area (Å²) in [5.74, 6) is -1.50. The summed E-state index contributed by atoms with van der Waals surface area (Å²) in [4.78, 5) is 39.2. The Hall–Kier alpha value is -3.39. The second kappa shape index (κ2) is 9.70. The van der Waals surface area contributed by atoms with E-state index in [4.69, 9.17) is 9.47 Å². The normalized spacial score (nSPS) is 20.4. The molecule has 2 amide bonds. The van der Waals surface area contributed by atoms with Gasteiger partial charge in [0.1, 0.15) is 6.61 Å². The van der Waals surface area contributed by atoms with Crippen molar-refractivity contribution in [2.24, 2.45) is 5.41 Å². The maximum atomic E-state index is 13.4. The van der Waals surface area contributed by atoms with Gasteiger partial charge in [0.15, 0.2) is 5.54 Å². The zero-order chi connectivity index (χ0) is 25.2. The smallest absolute Gasteiger partial charge is 0.407 e. The first-order valence-corrected chi connectivity index (χ1v) is 11.9. The third-order valence-electron chi connectivity index (χ3n) is 7.61. The number of amides is 2. The molecule has 0 radical (unpaired) electrons. The Morgan fingerprint density at radius 2 is 1.74 bits per heavy atom. The van der Waals surface area contributed by atoms with Crippen LogP contribution in [0, 0.1) is 5.41 Å². The lowest BCUT2D eigenvalue weighted by molar-refractivity contribution is -0.162. The second-order valence-electron chi connectivity index (χ2n) is 9.60. The van der Waals surface area contributed by atoms with Crippen LogP contribution in [0.3, 0.4) is 0 Å². The number of alkyl carbamates (subject to hydrolysis) is 1. The van der Waals surface area contributed by atoms with E-state index in [0.717, 1.165) is 22.3 Å². The van der Waals surface area contributed by atoms with Crippen molar-refractivity contribution in [1.29, 1.82) is 0 Å². The third-order valence-corrected chi connectivity index (χ3v) is 7.61. The Morgan fingerprint density at radius 1 is 1.14 bits per heavy atom. The summed E-state index contributed by atoms with van der Waals surface area (Å²) < 4.78 is 10.9. The molecule has 1 aliphatic heterocycles. The maximum Gasteiger partial charge on any atom is 0.407 e. The lowest BCUT2D eigenvalue weighted by atomic mass is 9.83. The van der Waals surface area contributed by atoms with E-state index in [1.807, 2.05) is 31.2 Å². The first-order valence-electron chi connectivity index (χ1n) is 11.9. The number of rotatable bonds is 8. The minimum absolute atomic E-state index is 0.0277. The van der Waals surface area contributed by atoms with E-state index in [9.17, 15) is 19.5 Å². The van der Waals surface area contributed by atoms with E-state index in [-0.39, 0.29) is 44.6 Å². The highest BCUT2D eigenvalue weighted by atomic mass is 16.5. The number of likely N-dealkylation sites (N-methyl/N-ethyl adjacent to an activating group) is 1. The van der Waals surface area contributed by atoms with Crippen LogP contribution in [0.25, 0.3) is 11.1 Å². The minimum atomic E-state index is -1.39. The number of nitrogens with zero attached hydrogens (tertiary/aromatic N) is 1. The van der Waals surface area contributed by atoms with Crippen molar-refractivity contribution in [2.45, 2.75) is 38.1 Å². The number of nitrogens with one attached hydrogen (secondary N) is 1. The van der Waals surface area contributed by atoms with Gasteiger partial charge in [-0.15, -0.1) is 0 Å². The van der Waals surface area contributed by atoms with Gasteiger partial charge in [0.2, 0.25) is 5.91 Å². The molecule has 1 heterocycles. The number of carbonyl (C=O) groups excluding carboxylic acids is 2. The lowest BCUT2D eigenvalue weighted by Gasteiger charge is -2.39. The first kappa shape index (κ1) is 24.7. The van der Waals surface area contributed by atoms with Crippen LogP contribution in [0.15, 0.2) is 48.5 Å². The minimum Gasteiger partial charge on any atom is -0.479 e. The van der Waals surface area contributed by atoms with Crippen molar-refractivity contribution in [3.8, 4) is 11.1 Å². The first-order chi connectivity index (χ1) is 16.7. The number of carboxylic acid groups (broad SMARTS) is 1. The highest BCUT2D eigenvalue weighted by molar-refractivity contribution is 5.90. The lowest BCUT2D eigenvalue weighted by Crippen LogP contribution is -2.60. The van der Waals surface area contributed by atoms with Crippen LogP contribution < -0.4 is 5.32 Å². The molecule has 1 aliphatic carbocycles. The number of carbonyl (C=O) groups is 3. The summed E-state index contributed by atoms with van der Waals surface area (Å²) in [5.41, 5.74) is 2.15. The molecule has 2 aromatic carbocycles. The molecule has 8 nitrogen and oxygen atoms in total. The number of hydrogen-bond donors (Lipinski definition) is 2. The number of aliphatic carboxylic acids is 1. The standard InChI is InChI=1S/C27H32N2O6/c1-4-26(2,23(30)29(3)27(24(31)32)13-14-34-17-27)16-28-25(33)35-15-22-20-11-7-5-9-18(20)19-10-6-8-12-21(19)22/h5-12,22H,4,13-17H2,1-3H3,(H,28,33)(H,31,32). The van der Waals surface area contributed by atoms with Gasteiger partial charge in [0.05, 0.1) is 12.0 Å². The molecular weight excluding hydrogens is 448 g/mol. The average molecular weight is 481 g/mol. The van der Waals surface area contributed by atoms with E-state index >= 15 is 0 Å². The number of hydrogen-bond acceptors (Lipinski definition) is 5. The summed E-state index contributed by atoms with van der Waals surface area (Å²) in [6.45, 7) is 4.00. The van der Waals surface area contributed by atoms with Gasteiger partial charge >= 0.3 is 12.1 Å². The fourth-order valence-corrected chi connectivity index (χ4v) is 5.00.